The van der Waals surface area contributed by atoms with Gasteiger partial charge in [-0.2, -0.15) is 9.97 Å². The van der Waals surface area contributed by atoms with Gasteiger partial charge in [-0.05, 0) is 50.7 Å². The Bertz CT molecular complexity index is 1360. The summed E-state index contributed by atoms with van der Waals surface area (Å²) in [6.07, 6.45) is 3.00. The lowest BCUT2D eigenvalue weighted by atomic mass is 9.86. The molecule has 2 aliphatic carbocycles. The molecule has 3 aromatic rings. The highest BCUT2D eigenvalue weighted by Crippen LogP contribution is 2.32. The minimum atomic E-state index is -2.79. The number of halogens is 2. The van der Waals surface area contributed by atoms with Crippen LogP contribution in [0.4, 0.5) is 14.7 Å². The van der Waals surface area contributed by atoms with E-state index in [0.29, 0.717) is 55.6 Å². The van der Waals surface area contributed by atoms with E-state index < -0.39 is 6.43 Å². The molecule has 1 aromatic carbocycles. The fourth-order valence-corrected chi connectivity index (χ4v) is 6.14. The van der Waals surface area contributed by atoms with Gasteiger partial charge in [0.2, 0.25) is 17.7 Å². The van der Waals surface area contributed by atoms with E-state index in [-0.39, 0.29) is 41.7 Å². The van der Waals surface area contributed by atoms with Crippen LogP contribution in [0.25, 0.3) is 16.9 Å². The third-order valence-corrected chi connectivity index (χ3v) is 8.38. The number of nitrogens with zero attached hydrogens (tertiary/aromatic N) is 5. The molecule has 1 aliphatic heterocycles. The van der Waals surface area contributed by atoms with Gasteiger partial charge in [0.15, 0.2) is 5.82 Å². The van der Waals surface area contributed by atoms with Crippen LogP contribution in [0.5, 0.6) is 5.88 Å². The molecule has 0 unspecified atom stereocenters. The number of aromatic nitrogens is 4. The first-order chi connectivity index (χ1) is 20.0. The van der Waals surface area contributed by atoms with Gasteiger partial charge in [0.05, 0.1) is 30.4 Å². The summed E-state index contributed by atoms with van der Waals surface area (Å²) in [5, 5.41) is 3.22. The van der Waals surface area contributed by atoms with Gasteiger partial charge in [-0.3, -0.25) is 9.36 Å². The van der Waals surface area contributed by atoms with Gasteiger partial charge in [-0.1, -0.05) is 12.1 Å². The van der Waals surface area contributed by atoms with Crippen LogP contribution in [0.1, 0.15) is 57.2 Å². The van der Waals surface area contributed by atoms with Crippen LogP contribution in [0.15, 0.2) is 30.3 Å². The number of rotatable bonds is 8. The number of morpholine rings is 1. The second-order valence-electron chi connectivity index (χ2n) is 11.0. The van der Waals surface area contributed by atoms with Gasteiger partial charge in [0.25, 0.3) is 6.43 Å². The van der Waals surface area contributed by atoms with Crippen molar-refractivity contribution < 1.29 is 27.8 Å². The van der Waals surface area contributed by atoms with Crippen LogP contribution in [-0.4, -0.2) is 77.1 Å². The van der Waals surface area contributed by atoms with E-state index in [9.17, 15) is 13.6 Å². The number of carbonyl (C=O) groups excluding carboxylic acids is 1. The second kappa shape index (κ2) is 12.2. The number of carbonyl (C=O) groups is 1. The Morgan fingerprint density at radius 1 is 1.02 bits per heavy atom. The third kappa shape index (κ3) is 6.13. The first kappa shape index (κ1) is 27.8. The first-order valence-corrected chi connectivity index (χ1v) is 14.5. The van der Waals surface area contributed by atoms with E-state index in [1.165, 1.54) is 4.57 Å². The fraction of sp³-hybridized carbons (Fsp3) is 0.586. The van der Waals surface area contributed by atoms with Crippen LogP contribution >= 0.6 is 0 Å². The largest absolute Gasteiger partial charge is 0.474 e. The molecule has 1 saturated heterocycles. The molecular formula is C29H36F2N6O4. The van der Waals surface area contributed by atoms with Crippen molar-refractivity contribution in [3.63, 3.8) is 0 Å². The number of amides is 1. The number of alkyl halides is 2. The number of benzene rings is 1. The minimum absolute atomic E-state index is 0.0238. The van der Waals surface area contributed by atoms with Crippen LogP contribution in [0.3, 0.4) is 0 Å². The topological polar surface area (TPSA) is 104 Å². The Morgan fingerprint density at radius 2 is 1.78 bits per heavy atom. The number of imidazole rings is 1. The molecule has 2 aromatic heterocycles. The van der Waals surface area contributed by atoms with Gasteiger partial charge in [-0.15, -0.1) is 0 Å². The normalized spacial score (nSPS) is 25.1. The average molecular weight is 571 g/mol. The fourth-order valence-electron chi connectivity index (χ4n) is 6.14. The number of fused-ring (bicyclic) bond motifs is 1. The zero-order chi connectivity index (χ0) is 28.3. The molecule has 3 heterocycles. The molecule has 2 saturated carbocycles. The monoisotopic (exact) mass is 570 g/mol. The van der Waals surface area contributed by atoms with Gasteiger partial charge in [-0.25, -0.2) is 13.8 Å². The van der Waals surface area contributed by atoms with Crippen molar-refractivity contribution in [2.75, 3.05) is 38.3 Å². The Balaban J connectivity index is 1.21. The highest BCUT2D eigenvalue weighted by molar-refractivity contribution is 5.79. The molecule has 220 valence electrons. The van der Waals surface area contributed by atoms with Gasteiger partial charge >= 0.3 is 0 Å². The molecule has 0 radical (unpaired) electrons. The number of methoxy groups -OCH3 is 1. The Labute approximate surface area is 237 Å². The molecule has 0 spiro atoms. The van der Waals surface area contributed by atoms with Crippen molar-refractivity contribution in [3.05, 3.63) is 36.2 Å². The molecule has 6 rings (SSSR count). The molecule has 0 bridgehead atoms. The van der Waals surface area contributed by atoms with Crippen LogP contribution in [0, 0.1) is 5.92 Å². The van der Waals surface area contributed by atoms with E-state index in [1.807, 2.05) is 4.90 Å². The summed E-state index contributed by atoms with van der Waals surface area (Å²) >= 11 is 0. The van der Waals surface area contributed by atoms with Crippen molar-refractivity contribution in [2.24, 2.45) is 5.92 Å². The smallest absolute Gasteiger partial charge is 0.296 e. The Morgan fingerprint density at radius 3 is 2.54 bits per heavy atom. The number of hydrogen-bond donors (Lipinski definition) is 1. The molecule has 1 N–H and O–H groups in total. The number of nitrogens with one attached hydrogen (secondary N) is 1. The zero-order valence-electron chi connectivity index (χ0n) is 23.2. The molecule has 3 fully saturated rings. The lowest BCUT2D eigenvalue weighted by Gasteiger charge is -2.28. The van der Waals surface area contributed by atoms with E-state index in [4.69, 9.17) is 14.2 Å². The lowest BCUT2D eigenvalue weighted by molar-refractivity contribution is -0.127. The van der Waals surface area contributed by atoms with E-state index in [2.05, 4.69) is 20.3 Å². The minimum Gasteiger partial charge on any atom is -0.474 e. The first-order valence-electron chi connectivity index (χ1n) is 14.5. The Kier molecular flexibility index (Phi) is 8.29. The molecule has 41 heavy (non-hydrogen) atoms. The number of ether oxygens (including phenoxy) is 3. The quantitative estimate of drug-likeness (QED) is 0.430. The second-order valence-corrected chi connectivity index (χ2v) is 11.0. The summed E-state index contributed by atoms with van der Waals surface area (Å²) in [6.45, 7) is 2.21. The summed E-state index contributed by atoms with van der Waals surface area (Å²) in [5.74, 6) is 0.728. The van der Waals surface area contributed by atoms with Crippen molar-refractivity contribution in [1.29, 1.82) is 0 Å². The van der Waals surface area contributed by atoms with Crippen LogP contribution in [0.2, 0.25) is 0 Å². The third-order valence-electron chi connectivity index (χ3n) is 8.38. The van der Waals surface area contributed by atoms with E-state index >= 15 is 0 Å². The van der Waals surface area contributed by atoms with Gasteiger partial charge in [0, 0.05) is 44.6 Å². The van der Waals surface area contributed by atoms with Crippen molar-refractivity contribution in [2.45, 2.75) is 69.6 Å². The Hall–Kier alpha value is -3.38. The standard InChI is InChI=1S/C29H36F2N6O4/c1-39-20-9-6-18(7-10-20)28(38)32-19-8-11-21(16-19)41-25-17-24(34-29(35-25)36-12-14-40-15-13-36)37-23-5-3-2-4-22(23)33-27(37)26(30)31/h2-5,17-21,26H,6-16H2,1H3,(H,32,38)/t18?,19-,20?,21-/m0/s1. The maximum Gasteiger partial charge on any atom is 0.296 e. The zero-order valence-corrected chi connectivity index (χ0v) is 23.2. The van der Waals surface area contributed by atoms with Gasteiger partial charge in [0.1, 0.15) is 11.9 Å². The number of para-hydroxylation sites is 2. The molecule has 2 atom stereocenters. The van der Waals surface area contributed by atoms with Crippen LogP contribution in [-0.2, 0) is 14.3 Å². The predicted molar refractivity (Wildman–Crippen MR) is 148 cm³/mol. The number of hydrogen-bond acceptors (Lipinski definition) is 8. The summed E-state index contributed by atoms with van der Waals surface area (Å²) in [6, 6.07) is 8.63. The highest BCUT2D eigenvalue weighted by Gasteiger charge is 2.32. The summed E-state index contributed by atoms with van der Waals surface area (Å²) in [5.41, 5.74) is 0.991. The molecule has 1 amide bonds. The summed E-state index contributed by atoms with van der Waals surface area (Å²) < 4.78 is 46.9. The molecule has 12 heteroatoms. The van der Waals surface area contributed by atoms with Crippen LogP contribution < -0.4 is 15.0 Å². The van der Waals surface area contributed by atoms with E-state index in [0.717, 1.165) is 38.5 Å². The van der Waals surface area contributed by atoms with Crippen molar-refractivity contribution >= 4 is 22.9 Å². The lowest BCUT2D eigenvalue weighted by Crippen LogP contribution is -2.40. The van der Waals surface area contributed by atoms with Crippen molar-refractivity contribution in [1.82, 2.24) is 24.8 Å². The molecule has 3 aliphatic rings. The maximum absolute atomic E-state index is 14.1. The SMILES string of the molecule is COC1CCC(C(=O)N[C@H]2CC[C@H](Oc3cc(-n4c(C(F)F)nc5ccccc54)nc(N4CCOCC4)n3)C2)CC1. The average Bonchev–Trinajstić information content (AvgIpc) is 3.62. The molecule has 10 nitrogen and oxygen atoms in total. The van der Waals surface area contributed by atoms with E-state index in [1.54, 1.807) is 37.4 Å². The van der Waals surface area contributed by atoms with Gasteiger partial charge < -0.3 is 24.4 Å². The summed E-state index contributed by atoms with van der Waals surface area (Å²) in [7, 11) is 1.73. The maximum atomic E-state index is 14.1. The number of anilines is 1. The summed E-state index contributed by atoms with van der Waals surface area (Å²) in [4.78, 5) is 28.4. The highest BCUT2D eigenvalue weighted by atomic mass is 19.3. The van der Waals surface area contributed by atoms with Crippen molar-refractivity contribution in [3.8, 4) is 11.7 Å². The molecular weight excluding hydrogens is 534 g/mol. The predicted octanol–water partition coefficient (Wildman–Crippen LogP) is 4.21.